The molecule has 2 aromatic rings. The standard InChI is InChI=1S/C20H25N7O2/c28-18-7-3-6-16-12-8-13(10-21-9-12)17(27(16)18)11-22-20(29)15-5-2-1-4-14(15)19-23-25-26-24-19/h1-2,4-5,12-13,16-17,21H,3,6-11H2,(H,22,29)(H,23,24,25,26)/t12-,13+,16+,17+/m1/s1. The van der Waals surface area contributed by atoms with Gasteiger partial charge in [-0.05, 0) is 48.9 Å². The van der Waals surface area contributed by atoms with E-state index in [1.165, 1.54) is 0 Å². The Kier molecular flexibility index (Phi) is 4.75. The van der Waals surface area contributed by atoms with Crippen LogP contribution in [0.25, 0.3) is 11.4 Å². The van der Waals surface area contributed by atoms with E-state index in [0.717, 1.165) is 32.4 Å². The van der Waals surface area contributed by atoms with Gasteiger partial charge in [-0.15, -0.1) is 10.2 Å². The Labute approximate surface area is 168 Å². The maximum atomic E-state index is 13.0. The molecule has 2 amide bonds. The van der Waals surface area contributed by atoms with Crippen molar-refractivity contribution in [3.05, 3.63) is 29.8 Å². The van der Waals surface area contributed by atoms with Crippen LogP contribution in [0.3, 0.4) is 0 Å². The van der Waals surface area contributed by atoms with E-state index in [-0.39, 0.29) is 17.9 Å². The number of hydrogen-bond donors (Lipinski definition) is 3. The van der Waals surface area contributed by atoms with Gasteiger partial charge in [0.05, 0.1) is 11.6 Å². The molecule has 4 heterocycles. The monoisotopic (exact) mass is 395 g/mol. The van der Waals surface area contributed by atoms with E-state index in [2.05, 4.69) is 36.2 Å². The van der Waals surface area contributed by atoms with Crippen molar-refractivity contribution in [1.29, 1.82) is 0 Å². The summed E-state index contributed by atoms with van der Waals surface area (Å²) in [5.41, 5.74) is 1.14. The van der Waals surface area contributed by atoms with Crippen molar-refractivity contribution < 1.29 is 9.59 Å². The molecule has 9 nitrogen and oxygen atoms in total. The summed E-state index contributed by atoms with van der Waals surface area (Å²) >= 11 is 0. The van der Waals surface area contributed by atoms with Gasteiger partial charge in [0, 0.05) is 31.1 Å². The lowest BCUT2D eigenvalue weighted by atomic mass is 9.72. The number of benzene rings is 1. The highest BCUT2D eigenvalue weighted by Gasteiger charge is 2.47. The molecule has 0 unspecified atom stereocenters. The number of aromatic amines is 1. The lowest BCUT2D eigenvalue weighted by molar-refractivity contribution is -0.148. The van der Waals surface area contributed by atoms with E-state index in [4.69, 9.17) is 0 Å². The molecule has 0 saturated carbocycles. The van der Waals surface area contributed by atoms with Crippen LogP contribution in [0.5, 0.6) is 0 Å². The first-order valence-electron chi connectivity index (χ1n) is 10.4. The van der Waals surface area contributed by atoms with E-state index in [1.54, 1.807) is 12.1 Å². The summed E-state index contributed by atoms with van der Waals surface area (Å²) in [6.07, 6.45) is 3.78. The predicted molar refractivity (Wildman–Crippen MR) is 105 cm³/mol. The summed E-state index contributed by atoms with van der Waals surface area (Å²) in [6, 6.07) is 7.56. The number of carbonyl (C=O) groups is 2. The molecule has 0 aliphatic carbocycles. The van der Waals surface area contributed by atoms with Crippen LogP contribution in [0.15, 0.2) is 24.3 Å². The summed E-state index contributed by atoms with van der Waals surface area (Å²) in [5, 5.41) is 20.6. The van der Waals surface area contributed by atoms with Crippen molar-refractivity contribution in [2.24, 2.45) is 11.8 Å². The molecule has 3 aliphatic heterocycles. The molecule has 152 valence electrons. The first kappa shape index (κ1) is 18.2. The third-order valence-electron chi connectivity index (χ3n) is 6.63. The van der Waals surface area contributed by atoms with Crippen LogP contribution >= 0.6 is 0 Å². The van der Waals surface area contributed by atoms with Crippen LogP contribution < -0.4 is 10.6 Å². The van der Waals surface area contributed by atoms with E-state index in [1.807, 2.05) is 12.1 Å². The Bertz CT molecular complexity index is 900. The number of piperidine rings is 3. The first-order valence-corrected chi connectivity index (χ1v) is 10.4. The van der Waals surface area contributed by atoms with Gasteiger partial charge >= 0.3 is 0 Å². The van der Waals surface area contributed by atoms with Crippen molar-refractivity contribution in [2.45, 2.75) is 37.8 Å². The summed E-state index contributed by atoms with van der Waals surface area (Å²) in [6.45, 7) is 2.34. The molecular weight excluding hydrogens is 370 g/mol. The summed E-state index contributed by atoms with van der Waals surface area (Å²) in [7, 11) is 0. The minimum Gasteiger partial charge on any atom is -0.350 e. The van der Waals surface area contributed by atoms with Crippen molar-refractivity contribution in [3.63, 3.8) is 0 Å². The molecule has 1 aromatic heterocycles. The van der Waals surface area contributed by atoms with E-state index < -0.39 is 0 Å². The SMILES string of the molecule is O=C(NC[C@H]1[C@@H]2CNC[C@@H](C2)[C@@H]2CCCC(=O)N21)c1ccccc1-c1nn[nH]n1. The van der Waals surface area contributed by atoms with Gasteiger partial charge in [-0.2, -0.15) is 5.21 Å². The zero-order valence-electron chi connectivity index (χ0n) is 16.2. The maximum Gasteiger partial charge on any atom is 0.252 e. The smallest absolute Gasteiger partial charge is 0.252 e. The Morgan fingerprint density at radius 1 is 1.24 bits per heavy atom. The molecule has 5 rings (SSSR count). The fourth-order valence-corrected chi connectivity index (χ4v) is 5.34. The lowest BCUT2D eigenvalue weighted by Gasteiger charge is -2.54. The van der Waals surface area contributed by atoms with Gasteiger partial charge in [0.15, 0.2) is 0 Å². The average molecular weight is 395 g/mol. The Hall–Kier alpha value is -2.81. The lowest BCUT2D eigenvalue weighted by Crippen LogP contribution is -2.66. The van der Waals surface area contributed by atoms with Gasteiger partial charge in [0.2, 0.25) is 11.7 Å². The largest absolute Gasteiger partial charge is 0.350 e. The minimum absolute atomic E-state index is 0.0399. The number of nitrogens with zero attached hydrogens (tertiary/aromatic N) is 4. The number of amides is 2. The molecule has 3 N–H and O–H groups in total. The average Bonchev–Trinajstić information content (AvgIpc) is 3.29. The molecule has 3 aliphatic rings. The fraction of sp³-hybridized carbons (Fsp3) is 0.550. The molecule has 3 saturated heterocycles. The second-order valence-corrected chi connectivity index (χ2v) is 8.23. The highest BCUT2D eigenvalue weighted by atomic mass is 16.2. The number of fused-ring (bicyclic) bond motifs is 4. The number of rotatable bonds is 4. The maximum absolute atomic E-state index is 13.0. The Morgan fingerprint density at radius 2 is 2.10 bits per heavy atom. The van der Waals surface area contributed by atoms with Crippen molar-refractivity contribution in [1.82, 2.24) is 36.2 Å². The second kappa shape index (κ2) is 7.55. The number of aromatic nitrogens is 4. The van der Waals surface area contributed by atoms with Gasteiger partial charge in [0.1, 0.15) is 0 Å². The molecular formula is C20H25N7O2. The van der Waals surface area contributed by atoms with Crippen molar-refractivity contribution >= 4 is 11.8 Å². The molecule has 3 fully saturated rings. The third kappa shape index (κ3) is 3.29. The van der Waals surface area contributed by atoms with Gasteiger partial charge in [-0.1, -0.05) is 18.2 Å². The number of carbonyl (C=O) groups excluding carboxylic acids is 2. The topological polar surface area (TPSA) is 116 Å². The number of hydrogen-bond acceptors (Lipinski definition) is 6. The van der Waals surface area contributed by atoms with Crippen LogP contribution in [0.2, 0.25) is 0 Å². The van der Waals surface area contributed by atoms with Gasteiger partial charge in [0.25, 0.3) is 5.91 Å². The molecule has 29 heavy (non-hydrogen) atoms. The quantitative estimate of drug-likeness (QED) is 0.698. The van der Waals surface area contributed by atoms with Crippen LogP contribution in [-0.2, 0) is 4.79 Å². The fourth-order valence-electron chi connectivity index (χ4n) is 5.34. The van der Waals surface area contributed by atoms with Crippen LogP contribution in [0.4, 0.5) is 0 Å². The molecule has 1 aromatic carbocycles. The molecule has 9 heteroatoms. The molecule has 0 radical (unpaired) electrons. The number of nitrogens with one attached hydrogen (secondary N) is 3. The summed E-state index contributed by atoms with van der Waals surface area (Å²) in [4.78, 5) is 27.9. The Balaban J connectivity index is 1.35. The third-order valence-corrected chi connectivity index (χ3v) is 6.63. The normalized spacial score (nSPS) is 28.7. The highest BCUT2D eigenvalue weighted by molar-refractivity contribution is 6.00. The van der Waals surface area contributed by atoms with Crippen LogP contribution in [0.1, 0.15) is 36.0 Å². The van der Waals surface area contributed by atoms with Crippen molar-refractivity contribution in [3.8, 4) is 11.4 Å². The van der Waals surface area contributed by atoms with Crippen molar-refractivity contribution in [2.75, 3.05) is 19.6 Å². The second-order valence-electron chi connectivity index (χ2n) is 8.23. The van der Waals surface area contributed by atoms with Crippen LogP contribution in [-0.4, -0.2) is 69.1 Å². The minimum atomic E-state index is -0.183. The van der Waals surface area contributed by atoms with E-state index in [9.17, 15) is 9.59 Å². The zero-order chi connectivity index (χ0) is 19.8. The first-order chi connectivity index (χ1) is 14.2. The summed E-state index contributed by atoms with van der Waals surface area (Å²) in [5.74, 6) is 1.35. The van der Waals surface area contributed by atoms with Gasteiger partial charge in [-0.3, -0.25) is 9.59 Å². The Morgan fingerprint density at radius 3 is 2.97 bits per heavy atom. The van der Waals surface area contributed by atoms with Gasteiger partial charge < -0.3 is 15.5 Å². The van der Waals surface area contributed by atoms with E-state index in [0.29, 0.717) is 47.8 Å². The summed E-state index contributed by atoms with van der Waals surface area (Å²) < 4.78 is 0. The number of H-pyrrole nitrogens is 1. The van der Waals surface area contributed by atoms with Crippen LogP contribution in [0, 0.1) is 11.8 Å². The van der Waals surface area contributed by atoms with Gasteiger partial charge in [-0.25, -0.2) is 0 Å². The predicted octanol–water partition coefficient (Wildman–Crippen LogP) is 0.586. The molecule has 4 atom stereocenters. The zero-order valence-corrected chi connectivity index (χ0v) is 16.2. The highest BCUT2D eigenvalue weighted by Crippen LogP contribution is 2.39. The molecule has 0 spiro atoms. The number of tetrazole rings is 1. The van der Waals surface area contributed by atoms with E-state index >= 15 is 0 Å². The molecule has 2 bridgehead atoms.